The monoisotopic (exact) mass is 228 g/mol. The van der Waals surface area contributed by atoms with Gasteiger partial charge in [-0.3, -0.25) is 4.79 Å². The molecule has 0 heterocycles. The van der Waals surface area contributed by atoms with Crippen molar-refractivity contribution in [3.05, 3.63) is 0 Å². The van der Waals surface area contributed by atoms with E-state index in [1.807, 2.05) is 13.8 Å². The van der Waals surface area contributed by atoms with Crippen LogP contribution in [0, 0.1) is 11.8 Å². The van der Waals surface area contributed by atoms with Gasteiger partial charge in [0.1, 0.15) is 0 Å². The molecule has 0 aromatic carbocycles. The lowest BCUT2D eigenvalue weighted by Gasteiger charge is -2.17. The maximum Gasteiger partial charge on any atom is 0.224 e. The van der Waals surface area contributed by atoms with Gasteiger partial charge in [0.2, 0.25) is 5.91 Å². The normalized spacial score (nSPS) is 26.7. The van der Waals surface area contributed by atoms with Gasteiger partial charge in [0.25, 0.3) is 0 Å². The fourth-order valence-corrected chi connectivity index (χ4v) is 2.11. The number of hydrogen-bond donors (Lipinski definition) is 3. The van der Waals surface area contributed by atoms with Crippen molar-refractivity contribution >= 4 is 5.91 Å². The summed E-state index contributed by atoms with van der Waals surface area (Å²) in [6.07, 6.45) is 2.77. The van der Waals surface area contributed by atoms with E-state index >= 15 is 0 Å². The van der Waals surface area contributed by atoms with Crippen LogP contribution in [-0.2, 0) is 4.79 Å². The number of carbonyl (C=O) groups is 1. The van der Waals surface area contributed by atoms with Crippen molar-refractivity contribution in [1.82, 2.24) is 10.6 Å². The summed E-state index contributed by atoms with van der Waals surface area (Å²) in [6, 6.07) is 0. The van der Waals surface area contributed by atoms with Crippen LogP contribution >= 0.6 is 0 Å². The molecule has 1 saturated carbocycles. The Morgan fingerprint density at radius 2 is 2.25 bits per heavy atom. The highest BCUT2D eigenvalue weighted by atomic mass is 16.3. The number of aliphatic hydroxyl groups is 1. The van der Waals surface area contributed by atoms with E-state index in [4.69, 9.17) is 0 Å². The van der Waals surface area contributed by atoms with Crippen LogP contribution in [0.25, 0.3) is 0 Å². The summed E-state index contributed by atoms with van der Waals surface area (Å²) in [5, 5.41) is 15.7. The fraction of sp³-hybridized carbons (Fsp3) is 0.917. The Kier molecular flexibility index (Phi) is 5.77. The highest BCUT2D eigenvalue weighted by Gasteiger charge is 2.25. The molecule has 16 heavy (non-hydrogen) atoms. The lowest BCUT2D eigenvalue weighted by Crippen LogP contribution is -2.38. The van der Waals surface area contributed by atoms with Crippen molar-refractivity contribution in [2.24, 2.45) is 11.8 Å². The first-order chi connectivity index (χ1) is 7.65. The third-order valence-electron chi connectivity index (χ3n) is 3.31. The number of aliphatic hydroxyl groups excluding tert-OH is 1. The molecule has 3 atom stereocenters. The Morgan fingerprint density at radius 3 is 2.81 bits per heavy atom. The number of hydrogen-bond acceptors (Lipinski definition) is 3. The van der Waals surface area contributed by atoms with Gasteiger partial charge in [0.15, 0.2) is 0 Å². The lowest BCUT2D eigenvalue weighted by molar-refractivity contribution is -0.124. The zero-order chi connectivity index (χ0) is 12.0. The second-order valence-electron chi connectivity index (χ2n) is 4.71. The molecule has 1 rings (SSSR count). The summed E-state index contributed by atoms with van der Waals surface area (Å²) in [5.74, 6) is 0.342. The molecule has 0 aromatic heterocycles. The molecule has 0 saturated heterocycles. The first-order valence-electron chi connectivity index (χ1n) is 6.31. The van der Waals surface area contributed by atoms with E-state index in [2.05, 4.69) is 10.6 Å². The minimum Gasteiger partial charge on any atom is -0.393 e. The zero-order valence-electron chi connectivity index (χ0n) is 10.3. The van der Waals surface area contributed by atoms with E-state index in [1.165, 1.54) is 0 Å². The van der Waals surface area contributed by atoms with E-state index < -0.39 is 0 Å². The standard InChI is InChI=1S/C12H24N2O2/c1-3-13-7-9(2)12(16)14-8-10-5-4-6-11(10)15/h9-11,13,15H,3-8H2,1-2H3,(H,14,16). The predicted octanol–water partition coefficient (Wildman–Crippen LogP) is 0.509. The van der Waals surface area contributed by atoms with E-state index in [1.54, 1.807) is 0 Å². The quantitative estimate of drug-likeness (QED) is 0.621. The Morgan fingerprint density at radius 1 is 1.50 bits per heavy atom. The molecule has 1 aliphatic rings. The van der Waals surface area contributed by atoms with Crippen LogP contribution in [-0.4, -0.2) is 36.8 Å². The smallest absolute Gasteiger partial charge is 0.224 e. The van der Waals surface area contributed by atoms with Gasteiger partial charge in [-0.2, -0.15) is 0 Å². The fourth-order valence-electron chi connectivity index (χ4n) is 2.11. The number of amides is 1. The van der Waals surface area contributed by atoms with Crippen molar-refractivity contribution in [1.29, 1.82) is 0 Å². The number of rotatable bonds is 6. The molecule has 3 unspecified atom stereocenters. The van der Waals surface area contributed by atoms with Crippen LogP contribution in [0.1, 0.15) is 33.1 Å². The molecule has 0 aliphatic heterocycles. The molecular formula is C12H24N2O2. The van der Waals surface area contributed by atoms with Crippen molar-refractivity contribution < 1.29 is 9.90 Å². The minimum absolute atomic E-state index is 0.00139. The van der Waals surface area contributed by atoms with E-state index in [-0.39, 0.29) is 23.8 Å². The van der Waals surface area contributed by atoms with E-state index in [9.17, 15) is 9.90 Å². The third kappa shape index (κ3) is 4.10. The van der Waals surface area contributed by atoms with Gasteiger partial charge in [-0.25, -0.2) is 0 Å². The number of carbonyl (C=O) groups excluding carboxylic acids is 1. The first kappa shape index (κ1) is 13.5. The van der Waals surface area contributed by atoms with Crippen LogP contribution in [0.15, 0.2) is 0 Å². The largest absolute Gasteiger partial charge is 0.393 e. The molecule has 0 radical (unpaired) electrons. The third-order valence-corrected chi connectivity index (χ3v) is 3.31. The summed E-state index contributed by atoms with van der Waals surface area (Å²) < 4.78 is 0. The van der Waals surface area contributed by atoms with Gasteiger partial charge >= 0.3 is 0 Å². The van der Waals surface area contributed by atoms with Crippen molar-refractivity contribution in [2.75, 3.05) is 19.6 Å². The topological polar surface area (TPSA) is 61.4 Å². The molecular weight excluding hydrogens is 204 g/mol. The van der Waals surface area contributed by atoms with Gasteiger partial charge in [0.05, 0.1) is 6.10 Å². The molecule has 4 nitrogen and oxygen atoms in total. The van der Waals surface area contributed by atoms with Crippen LogP contribution in [0.3, 0.4) is 0 Å². The molecule has 1 amide bonds. The summed E-state index contributed by atoms with van der Waals surface area (Å²) in [5.41, 5.74) is 0. The Labute approximate surface area is 97.8 Å². The van der Waals surface area contributed by atoms with E-state index in [0.717, 1.165) is 32.4 Å². The first-order valence-corrected chi connectivity index (χ1v) is 6.31. The highest BCUT2D eigenvalue weighted by Crippen LogP contribution is 2.24. The summed E-state index contributed by atoms with van der Waals surface area (Å²) in [6.45, 7) is 6.17. The van der Waals surface area contributed by atoms with Gasteiger partial charge in [-0.05, 0) is 19.4 Å². The summed E-state index contributed by atoms with van der Waals surface area (Å²) in [7, 11) is 0. The Balaban J connectivity index is 2.18. The predicted molar refractivity (Wildman–Crippen MR) is 64.1 cm³/mol. The van der Waals surface area contributed by atoms with E-state index in [0.29, 0.717) is 6.54 Å². The van der Waals surface area contributed by atoms with Crippen LogP contribution in [0.5, 0.6) is 0 Å². The minimum atomic E-state index is -0.218. The molecule has 4 heteroatoms. The lowest BCUT2D eigenvalue weighted by atomic mass is 10.1. The summed E-state index contributed by atoms with van der Waals surface area (Å²) >= 11 is 0. The maximum atomic E-state index is 11.7. The van der Waals surface area contributed by atoms with Crippen molar-refractivity contribution in [3.63, 3.8) is 0 Å². The maximum absolute atomic E-state index is 11.7. The molecule has 1 aliphatic carbocycles. The molecule has 0 bridgehead atoms. The average Bonchev–Trinajstić information content (AvgIpc) is 2.68. The second kappa shape index (κ2) is 6.86. The highest BCUT2D eigenvalue weighted by molar-refractivity contribution is 5.78. The van der Waals surface area contributed by atoms with Crippen LogP contribution in [0.4, 0.5) is 0 Å². The Hall–Kier alpha value is -0.610. The van der Waals surface area contributed by atoms with Gasteiger partial charge in [-0.15, -0.1) is 0 Å². The number of nitrogens with one attached hydrogen (secondary N) is 2. The zero-order valence-corrected chi connectivity index (χ0v) is 10.3. The molecule has 1 fully saturated rings. The van der Waals surface area contributed by atoms with Gasteiger partial charge < -0.3 is 15.7 Å². The SMILES string of the molecule is CCNCC(C)C(=O)NCC1CCCC1O. The average molecular weight is 228 g/mol. The Bertz CT molecular complexity index is 221. The second-order valence-corrected chi connectivity index (χ2v) is 4.71. The van der Waals surface area contributed by atoms with Crippen molar-refractivity contribution in [2.45, 2.75) is 39.2 Å². The molecule has 94 valence electrons. The molecule has 0 aromatic rings. The summed E-state index contributed by atoms with van der Waals surface area (Å²) in [4.78, 5) is 11.7. The van der Waals surface area contributed by atoms with Crippen LogP contribution < -0.4 is 10.6 Å². The van der Waals surface area contributed by atoms with Gasteiger partial charge in [0, 0.05) is 24.9 Å². The van der Waals surface area contributed by atoms with Crippen LogP contribution in [0.2, 0.25) is 0 Å². The molecule has 0 spiro atoms. The van der Waals surface area contributed by atoms with Crippen molar-refractivity contribution in [3.8, 4) is 0 Å². The molecule has 3 N–H and O–H groups in total. The van der Waals surface area contributed by atoms with Gasteiger partial charge in [-0.1, -0.05) is 20.3 Å².